The Morgan fingerprint density at radius 1 is 1.00 bits per heavy atom. The third-order valence-corrected chi connectivity index (χ3v) is 4.22. The van der Waals surface area contributed by atoms with Crippen molar-refractivity contribution in [1.82, 2.24) is 4.57 Å². The highest BCUT2D eigenvalue weighted by atomic mass is 16.1. The van der Waals surface area contributed by atoms with Gasteiger partial charge in [0.05, 0.1) is 5.69 Å². The normalized spacial score (nSPS) is 12.1. The molecule has 0 saturated carbocycles. The van der Waals surface area contributed by atoms with Crippen LogP contribution in [-0.4, -0.2) is 17.1 Å². The largest absolute Gasteiger partial charge is 0.339 e. The van der Waals surface area contributed by atoms with Gasteiger partial charge in [-0.1, -0.05) is 42.5 Å². The summed E-state index contributed by atoms with van der Waals surface area (Å²) in [5.74, 6) is 0. The number of fused-ring (bicyclic) bond motifs is 2. The zero-order chi connectivity index (χ0) is 16.9. The van der Waals surface area contributed by atoms with Crippen LogP contribution in [-0.2, 0) is 17.8 Å². The number of hydrogen-bond acceptors (Lipinski definition) is 2. The Balaban J connectivity index is 0.000000143. The van der Waals surface area contributed by atoms with E-state index in [0.717, 1.165) is 47.7 Å². The quantitative estimate of drug-likeness (QED) is 0.676. The average Bonchev–Trinajstić information content (AvgIpc) is 3.22. The topological polar surface area (TPSA) is 39.1 Å². The fourth-order valence-corrected chi connectivity index (χ4v) is 3.06. The SMILES string of the molecule is CCn1c(C=O)cc2ccccc21.O=CC1=Cc2ccccc2C1. The molecule has 0 radical (unpaired) electrons. The maximum Gasteiger partial charge on any atom is 0.166 e. The number of aromatic nitrogens is 1. The second-order valence-corrected chi connectivity index (χ2v) is 5.70. The van der Waals surface area contributed by atoms with E-state index in [1.165, 1.54) is 11.1 Å². The molecule has 3 nitrogen and oxygen atoms in total. The molecule has 1 aliphatic carbocycles. The lowest BCUT2D eigenvalue weighted by molar-refractivity contribution is -0.104. The molecule has 120 valence electrons. The van der Waals surface area contributed by atoms with Crippen LogP contribution in [0, 0.1) is 0 Å². The Kier molecular flexibility index (Phi) is 4.71. The van der Waals surface area contributed by atoms with Gasteiger partial charge in [0, 0.05) is 23.9 Å². The summed E-state index contributed by atoms with van der Waals surface area (Å²) in [6, 6.07) is 18.0. The predicted molar refractivity (Wildman–Crippen MR) is 97.2 cm³/mol. The maximum atomic E-state index is 10.7. The van der Waals surface area contributed by atoms with E-state index in [9.17, 15) is 9.59 Å². The van der Waals surface area contributed by atoms with Crippen LogP contribution in [0.2, 0.25) is 0 Å². The molecular formula is C21H19NO2. The van der Waals surface area contributed by atoms with Gasteiger partial charge in [0.1, 0.15) is 6.29 Å². The van der Waals surface area contributed by atoms with Crippen molar-refractivity contribution in [2.24, 2.45) is 0 Å². The van der Waals surface area contributed by atoms with E-state index in [1.54, 1.807) is 0 Å². The van der Waals surface area contributed by atoms with Gasteiger partial charge in [0.25, 0.3) is 0 Å². The number of carbonyl (C=O) groups excluding carboxylic acids is 2. The van der Waals surface area contributed by atoms with Crippen LogP contribution in [0.4, 0.5) is 0 Å². The number of hydrogen-bond donors (Lipinski definition) is 0. The Hall–Kier alpha value is -2.94. The van der Waals surface area contributed by atoms with Gasteiger partial charge in [-0.15, -0.1) is 0 Å². The number of aldehydes is 2. The summed E-state index contributed by atoms with van der Waals surface area (Å²) in [6.45, 7) is 2.88. The molecule has 0 atom stereocenters. The summed E-state index contributed by atoms with van der Waals surface area (Å²) < 4.78 is 2.02. The molecular weight excluding hydrogens is 298 g/mol. The van der Waals surface area contributed by atoms with Gasteiger partial charge in [-0.2, -0.15) is 0 Å². The number of aryl methyl sites for hydroxylation is 1. The van der Waals surface area contributed by atoms with Crippen molar-refractivity contribution >= 4 is 29.6 Å². The van der Waals surface area contributed by atoms with E-state index in [4.69, 9.17) is 0 Å². The third kappa shape index (κ3) is 3.06. The molecule has 0 N–H and O–H groups in total. The molecule has 4 rings (SSSR count). The number of para-hydroxylation sites is 1. The molecule has 24 heavy (non-hydrogen) atoms. The molecule has 3 heteroatoms. The Morgan fingerprint density at radius 2 is 1.75 bits per heavy atom. The second kappa shape index (κ2) is 7.09. The molecule has 0 bridgehead atoms. The van der Waals surface area contributed by atoms with E-state index in [-0.39, 0.29) is 0 Å². The predicted octanol–water partition coefficient (Wildman–Crippen LogP) is 4.30. The molecule has 2 aromatic carbocycles. The molecule has 0 fully saturated rings. The van der Waals surface area contributed by atoms with Gasteiger partial charge < -0.3 is 4.57 Å². The van der Waals surface area contributed by atoms with Crippen LogP contribution in [0.15, 0.2) is 60.2 Å². The highest BCUT2D eigenvalue weighted by Gasteiger charge is 2.09. The van der Waals surface area contributed by atoms with Gasteiger partial charge in [-0.05, 0) is 41.8 Å². The summed E-state index contributed by atoms with van der Waals surface area (Å²) in [5, 5.41) is 1.13. The molecule has 1 heterocycles. The van der Waals surface area contributed by atoms with Crippen LogP contribution in [0.25, 0.3) is 17.0 Å². The van der Waals surface area contributed by atoms with E-state index in [2.05, 4.69) is 6.07 Å². The van der Waals surface area contributed by atoms with Gasteiger partial charge in [0.2, 0.25) is 0 Å². The van der Waals surface area contributed by atoms with Gasteiger partial charge in [0.15, 0.2) is 6.29 Å². The number of carbonyl (C=O) groups is 2. The summed E-state index contributed by atoms with van der Waals surface area (Å²) in [6.07, 6.45) is 4.59. The number of nitrogens with zero attached hydrogens (tertiary/aromatic N) is 1. The summed E-state index contributed by atoms with van der Waals surface area (Å²) in [5.41, 5.74) is 5.21. The molecule has 3 aromatic rings. The fourth-order valence-electron chi connectivity index (χ4n) is 3.06. The first kappa shape index (κ1) is 15.9. The number of benzene rings is 2. The summed E-state index contributed by atoms with van der Waals surface area (Å²) in [7, 11) is 0. The van der Waals surface area contributed by atoms with Crippen molar-refractivity contribution in [2.45, 2.75) is 19.9 Å². The summed E-state index contributed by atoms with van der Waals surface area (Å²) in [4.78, 5) is 21.1. The first-order chi connectivity index (χ1) is 11.8. The molecule has 0 unspecified atom stereocenters. The molecule has 0 amide bonds. The van der Waals surface area contributed by atoms with E-state index < -0.39 is 0 Å². The first-order valence-corrected chi connectivity index (χ1v) is 8.04. The van der Waals surface area contributed by atoms with Gasteiger partial charge >= 0.3 is 0 Å². The van der Waals surface area contributed by atoms with Crippen LogP contribution < -0.4 is 0 Å². The van der Waals surface area contributed by atoms with Crippen LogP contribution >= 0.6 is 0 Å². The highest BCUT2D eigenvalue weighted by molar-refractivity contribution is 5.89. The second-order valence-electron chi connectivity index (χ2n) is 5.70. The number of rotatable bonds is 3. The molecule has 0 aliphatic heterocycles. The number of allylic oxidation sites excluding steroid dienone is 1. The lowest BCUT2D eigenvalue weighted by Crippen LogP contribution is -1.98. The van der Waals surface area contributed by atoms with Gasteiger partial charge in [-0.25, -0.2) is 0 Å². The zero-order valence-corrected chi connectivity index (χ0v) is 13.6. The van der Waals surface area contributed by atoms with E-state index in [0.29, 0.717) is 0 Å². The third-order valence-electron chi connectivity index (χ3n) is 4.22. The lowest BCUT2D eigenvalue weighted by atomic mass is 10.1. The summed E-state index contributed by atoms with van der Waals surface area (Å²) >= 11 is 0. The molecule has 1 aromatic heterocycles. The smallest absolute Gasteiger partial charge is 0.166 e. The van der Waals surface area contributed by atoms with Crippen LogP contribution in [0.5, 0.6) is 0 Å². The minimum absolute atomic E-state index is 0.753. The molecule has 0 saturated heterocycles. The average molecular weight is 317 g/mol. The van der Waals surface area contributed by atoms with Crippen molar-refractivity contribution in [3.63, 3.8) is 0 Å². The minimum atomic E-state index is 0.753. The monoisotopic (exact) mass is 317 g/mol. The van der Waals surface area contributed by atoms with Crippen molar-refractivity contribution < 1.29 is 9.59 Å². The Labute approximate surface area is 141 Å². The van der Waals surface area contributed by atoms with Gasteiger partial charge in [-0.3, -0.25) is 9.59 Å². The standard InChI is InChI=1S/C11H11NO.C10H8O/c1-2-12-10(8-13)7-9-5-3-4-6-11(9)12;11-7-8-5-9-3-1-2-4-10(9)6-8/h3-8H,2H2,1H3;1-5,7H,6H2. The minimum Gasteiger partial charge on any atom is -0.339 e. The van der Waals surface area contributed by atoms with Crippen LogP contribution in [0.1, 0.15) is 28.5 Å². The van der Waals surface area contributed by atoms with Crippen molar-refractivity contribution in [3.8, 4) is 0 Å². The van der Waals surface area contributed by atoms with Crippen LogP contribution in [0.3, 0.4) is 0 Å². The fraction of sp³-hybridized carbons (Fsp3) is 0.143. The van der Waals surface area contributed by atoms with Crippen molar-refractivity contribution in [3.05, 3.63) is 77.0 Å². The maximum absolute atomic E-state index is 10.7. The van der Waals surface area contributed by atoms with E-state index >= 15 is 0 Å². The molecule has 1 aliphatic rings. The van der Waals surface area contributed by atoms with E-state index in [1.807, 2.05) is 66.1 Å². The van der Waals surface area contributed by atoms with Crippen molar-refractivity contribution in [1.29, 1.82) is 0 Å². The van der Waals surface area contributed by atoms with Crippen molar-refractivity contribution in [2.75, 3.05) is 0 Å². The zero-order valence-electron chi connectivity index (χ0n) is 13.6. The molecule has 0 spiro atoms. The first-order valence-electron chi connectivity index (χ1n) is 8.04. The highest BCUT2D eigenvalue weighted by Crippen LogP contribution is 2.22. The Bertz CT molecular complexity index is 918. The Morgan fingerprint density at radius 3 is 2.46 bits per heavy atom. The lowest BCUT2D eigenvalue weighted by Gasteiger charge is -2.01.